The molecule has 2 heterocycles. The topological polar surface area (TPSA) is 16.3 Å². The number of fused-ring (bicyclic) bond motifs is 5. The molecule has 274 valence electrons. The molecule has 0 aliphatic carbocycles. The molecule has 0 fully saturated rings. The Hall–Kier alpha value is -7.82. The molecule has 0 aliphatic heterocycles. The number of anilines is 6. The highest BCUT2D eigenvalue weighted by atomic mass is 15.2. The summed E-state index contributed by atoms with van der Waals surface area (Å²) in [7, 11) is 0. The summed E-state index contributed by atoms with van der Waals surface area (Å²) in [5.74, 6) is 0. The number of benzene rings is 9. The predicted octanol–water partition coefficient (Wildman–Crippen LogP) is 14.8. The smallest absolute Gasteiger partial charge is 0.0886 e. The fourth-order valence-corrected chi connectivity index (χ4v) is 8.54. The van der Waals surface area contributed by atoms with Crippen LogP contribution in [0.2, 0.25) is 0 Å². The van der Waals surface area contributed by atoms with Gasteiger partial charge in [0.1, 0.15) is 0 Å². The van der Waals surface area contributed by atoms with Gasteiger partial charge in [-0.15, -0.1) is 0 Å². The van der Waals surface area contributed by atoms with Gasteiger partial charge in [0.05, 0.1) is 22.4 Å². The van der Waals surface area contributed by atoms with E-state index in [1.807, 2.05) is 0 Å². The number of hydrogen-bond acceptors (Lipinski definition) is 2. The minimum atomic E-state index is 1.05. The van der Waals surface area contributed by atoms with E-state index in [4.69, 9.17) is 0 Å². The normalized spacial score (nSPS) is 11.4. The van der Waals surface area contributed by atoms with E-state index in [-0.39, 0.29) is 0 Å². The fourth-order valence-electron chi connectivity index (χ4n) is 8.54. The highest BCUT2D eigenvalue weighted by Gasteiger charge is 2.26. The van der Waals surface area contributed by atoms with Crippen molar-refractivity contribution in [2.45, 2.75) is 0 Å². The zero-order chi connectivity index (χ0) is 38.4. The van der Waals surface area contributed by atoms with Crippen molar-refractivity contribution in [3.05, 3.63) is 231 Å². The van der Waals surface area contributed by atoms with E-state index in [9.17, 15) is 0 Å². The molecule has 0 unspecified atom stereocenters. The first kappa shape index (κ1) is 33.5. The van der Waals surface area contributed by atoms with Crippen molar-refractivity contribution < 1.29 is 0 Å². The Morgan fingerprint density at radius 3 is 1.33 bits per heavy atom. The van der Waals surface area contributed by atoms with Gasteiger partial charge in [-0.05, 0) is 106 Å². The average molecular weight is 743 g/mol. The van der Waals surface area contributed by atoms with Gasteiger partial charge in [-0.3, -0.25) is 0 Å². The Balaban J connectivity index is 1.18. The van der Waals surface area contributed by atoms with Crippen molar-refractivity contribution >= 4 is 77.5 Å². The molecule has 0 aliphatic rings. The van der Waals surface area contributed by atoms with Crippen LogP contribution in [-0.2, 0) is 0 Å². The Kier molecular flexibility index (Phi) is 8.11. The van der Waals surface area contributed by atoms with E-state index in [2.05, 4.69) is 250 Å². The van der Waals surface area contributed by atoms with Gasteiger partial charge in [-0.1, -0.05) is 133 Å². The van der Waals surface area contributed by atoms with Gasteiger partial charge in [-0.25, -0.2) is 0 Å². The summed E-state index contributed by atoms with van der Waals surface area (Å²) in [6.45, 7) is 0. The minimum Gasteiger partial charge on any atom is -0.320 e. The van der Waals surface area contributed by atoms with Gasteiger partial charge in [0, 0.05) is 57.3 Å². The van der Waals surface area contributed by atoms with Crippen LogP contribution in [0.4, 0.5) is 34.1 Å². The van der Waals surface area contributed by atoms with Gasteiger partial charge < -0.3 is 18.9 Å². The van der Waals surface area contributed by atoms with Gasteiger partial charge >= 0.3 is 0 Å². The number of rotatable bonds is 8. The van der Waals surface area contributed by atoms with Gasteiger partial charge in [0.25, 0.3) is 0 Å². The second-order valence-electron chi connectivity index (χ2n) is 14.7. The van der Waals surface area contributed by atoms with Crippen molar-refractivity contribution in [1.82, 2.24) is 9.13 Å². The highest BCUT2D eigenvalue weighted by molar-refractivity contribution is 6.10. The lowest BCUT2D eigenvalue weighted by Crippen LogP contribution is -2.15. The molecule has 0 spiro atoms. The van der Waals surface area contributed by atoms with Crippen molar-refractivity contribution in [1.29, 1.82) is 0 Å². The summed E-state index contributed by atoms with van der Waals surface area (Å²) >= 11 is 0. The maximum Gasteiger partial charge on any atom is 0.0886 e. The van der Waals surface area contributed by atoms with Gasteiger partial charge in [0.15, 0.2) is 0 Å². The Morgan fingerprint density at radius 2 is 0.759 bits per heavy atom. The lowest BCUT2D eigenvalue weighted by Gasteiger charge is -2.31. The first-order chi connectivity index (χ1) is 28.8. The molecule has 4 heteroatoms. The number of hydrogen-bond donors (Lipinski definition) is 0. The highest BCUT2D eigenvalue weighted by Crippen LogP contribution is 2.48. The van der Waals surface area contributed by atoms with E-state index < -0.39 is 0 Å². The molecule has 9 aromatic carbocycles. The number of aromatic nitrogens is 2. The monoisotopic (exact) mass is 742 g/mol. The summed E-state index contributed by atoms with van der Waals surface area (Å²) in [5.41, 5.74) is 11.0. The van der Waals surface area contributed by atoms with Crippen molar-refractivity contribution in [3.63, 3.8) is 0 Å². The van der Waals surface area contributed by atoms with Crippen molar-refractivity contribution in [3.8, 4) is 11.4 Å². The van der Waals surface area contributed by atoms with Crippen LogP contribution in [0.15, 0.2) is 231 Å². The van der Waals surface area contributed by atoms with Crippen LogP contribution in [0.5, 0.6) is 0 Å². The zero-order valence-corrected chi connectivity index (χ0v) is 31.7. The molecule has 0 N–H and O–H groups in total. The Morgan fingerprint density at radius 1 is 0.293 bits per heavy atom. The summed E-state index contributed by atoms with van der Waals surface area (Å²) in [4.78, 5) is 4.80. The summed E-state index contributed by atoms with van der Waals surface area (Å²) in [5, 5.41) is 7.23. The molecule has 11 rings (SSSR count). The SMILES string of the molecule is c1ccc(N(c2ccc3ccccc3c2)c2cn(-c3ccc4c(c3)c3ccccc3n4-c3ccccc3)cc2N(c2ccccc2)c2ccc3ccccc3c2)cc1. The standard InChI is InChI=1S/C54H38N4/c1-4-20-43(21-5-1)56(47-30-28-39-16-10-12-18-41(39)34-47)53-37-55(38-54(53)57(44-22-6-2-7-23-44)48-31-29-40-17-11-13-19-42(40)35-48)46-32-33-52-50(36-46)49-26-14-15-27-51(49)58(52)45-24-8-3-9-25-45/h1-38H. The van der Waals surface area contributed by atoms with Crippen LogP contribution in [0, 0.1) is 0 Å². The maximum absolute atomic E-state index is 2.40. The van der Waals surface area contributed by atoms with Crippen LogP contribution in [0.3, 0.4) is 0 Å². The van der Waals surface area contributed by atoms with Gasteiger partial charge in [0.2, 0.25) is 0 Å². The maximum atomic E-state index is 2.40. The first-order valence-electron chi connectivity index (χ1n) is 19.8. The molecule has 2 aromatic heterocycles. The molecule has 4 nitrogen and oxygen atoms in total. The lowest BCUT2D eigenvalue weighted by atomic mass is 10.1. The molecule has 0 saturated carbocycles. The summed E-state index contributed by atoms with van der Waals surface area (Å²) in [6, 6.07) is 78.4. The van der Waals surface area contributed by atoms with Crippen LogP contribution in [-0.4, -0.2) is 9.13 Å². The number of nitrogens with zero attached hydrogens (tertiary/aromatic N) is 4. The van der Waals surface area contributed by atoms with Crippen LogP contribution in [0.25, 0.3) is 54.7 Å². The second-order valence-corrected chi connectivity index (χ2v) is 14.7. The molecule has 58 heavy (non-hydrogen) atoms. The van der Waals surface area contributed by atoms with Crippen LogP contribution < -0.4 is 9.80 Å². The Labute approximate surface area is 337 Å². The van der Waals surface area contributed by atoms with Gasteiger partial charge in [-0.2, -0.15) is 0 Å². The third kappa shape index (κ3) is 5.78. The quantitative estimate of drug-likeness (QED) is 0.154. The van der Waals surface area contributed by atoms with E-state index >= 15 is 0 Å². The summed E-state index contributed by atoms with van der Waals surface area (Å²) in [6.07, 6.45) is 4.60. The molecular formula is C54H38N4. The molecule has 0 radical (unpaired) electrons. The largest absolute Gasteiger partial charge is 0.320 e. The molecule has 11 aromatic rings. The fraction of sp³-hybridized carbons (Fsp3) is 0. The van der Waals surface area contributed by atoms with Crippen LogP contribution >= 0.6 is 0 Å². The summed E-state index contributed by atoms with van der Waals surface area (Å²) < 4.78 is 4.67. The molecular weight excluding hydrogens is 705 g/mol. The predicted molar refractivity (Wildman–Crippen MR) is 244 cm³/mol. The average Bonchev–Trinajstić information content (AvgIpc) is 3.87. The zero-order valence-electron chi connectivity index (χ0n) is 31.7. The van der Waals surface area contributed by atoms with E-state index in [0.29, 0.717) is 0 Å². The van der Waals surface area contributed by atoms with Crippen molar-refractivity contribution in [2.24, 2.45) is 0 Å². The number of para-hydroxylation sites is 4. The third-order valence-electron chi connectivity index (χ3n) is 11.2. The van der Waals surface area contributed by atoms with E-state index in [1.54, 1.807) is 0 Å². The second kappa shape index (κ2) is 14.0. The Bertz CT molecular complexity index is 3100. The lowest BCUT2D eigenvalue weighted by molar-refractivity contribution is 1.08. The van der Waals surface area contributed by atoms with E-state index in [0.717, 1.165) is 45.5 Å². The third-order valence-corrected chi connectivity index (χ3v) is 11.2. The molecule has 0 amide bonds. The molecule has 0 atom stereocenters. The van der Waals surface area contributed by atoms with Crippen molar-refractivity contribution in [2.75, 3.05) is 9.80 Å². The van der Waals surface area contributed by atoms with Crippen LogP contribution in [0.1, 0.15) is 0 Å². The first-order valence-corrected chi connectivity index (χ1v) is 19.8. The molecule has 0 bridgehead atoms. The van der Waals surface area contributed by atoms with E-state index in [1.165, 1.54) is 43.4 Å². The minimum absolute atomic E-state index is 1.05. The molecule has 0 saturated heterocycles.